The second-order valence-corrected chi connectivity index (χ2v) is 6.46. The Bertz CT molecular complexity index is 876. The van der Waals surface area contributed by atoms with Crippen molar-refractivity contribution >= 4 is 11.6 Å². The van der Waals surface area contributed by atoms with E-state index >= 15 is 0 Å². The van der Waals surface area contributed by atoms with Crippen LogP contribution in [0.4, 0.5) is 5.69 Å². The molecule has 0 radical (unpaired) electrons. The van der Waals surface area contributed by atoms with Crippen LogP contribution in [-0.2, 0) is 17.9 Å². The van der Waals surface area contributed by atoms with E-state index in [1.165, 1.54) is 11.1 Å². The maximum atomic E-state index is 12.6. The summed E-state index contributed by atoms with van der Waals surface area (Å²) in [6.07, 6.45) is 0. The molecule has 134 valence electrons. The van der Waals surface area contributed by atoms with Crippen molar-refractivity contribution in [2.45, 2.75) is 13.1 Å². The summed E-state index contributed by atoms with van der Waals surface area (Å²) in [5.74, 6) is -0.0976. The summed E-state index contributed by atoms with van der Waals surface area (Å²) in [5, 5.41) is 12.1. The number of para-hydroxylation sites is 1. The number of anilines is 1. The first kappa shape index (κ1) is 18.4. The van der Waals surface area contributed by atoms with E-state index in [1.807, 2.05) is 42.5 Å². The van der Waals surface area contributed by atoms with Crippen molar-refractivity contribution in [3.8, 4) is 6.07 Å². The Balaban J connectivity index is 1.72. The van der Waals surface area contributed by atoms with E-state index in [0.717, 1.165) is 18.0 Å². The van der Waals surface area contributed by atoms with E-state index < -0.39 is 0 Å². The molecule has 0 aliphatic carbocycles. The minimum absolute atomic E-state index is 0.0976. The van der Waals surface area contributed by atoms with Gasteiger partial charge in [0, 0.05) is 11.1 Å². The molecule has 3 rings (SSSR count). The third-order valence-corrected chi connectivity index (χ3v) is 4.33. The Morgan fingerprint density at radius 1 is 0.815 bits per heavy atom. The molecule has 3 aromatic rings. The van der Waals surface area contributed by atoms with Crippen LogP contribution in [0.5, 0.6) is 0 Å². The first-order chi connectivity index (χ1) is 13.2. The van der Waals surface area contributed by atoms with Gasteiger partial charge in [-0.1, -0.05) is 72.8 Å². The molecule has 27 heavy (non-hydrogen) atoms. The van der Waals surface area contributed by atoms with Gasteiger partial charge in [0.15, 0.2) is 6.54 Å². The lowest BCUT2D eigenvalue weighted by molar-refractivity contribution is -0.919. The number of quaternary nitrogens is 1. The Kier molecular flexibility index (Phi) is 6.35. The molecule has 0 bridgehead atoms. The first-order valence-electron chi connectivity index (χ1n) is 8.95. The van der Waals surface area contributed by atoms with E-state index in [0.29, 0.717) is 17.8 Å². The highest BCUT2D eigenvalue weighted by atomic mass is 16.2. The third-order valence-electron chi connectivity index (χ3n) is 4.33. The van der Waals surface area contributed by atoms with Crippen molar-refractivity contribution in [1.82, 2.24) is 0 Å². The third kappa shape index (κ3) is 5.53. The lowest BCUT2D eigenvalue weighted by atomic mass is 10.1. The minimum atomic E-state index is -0.0976. The molecule has 0 aromatic heterocycles. The van der Waals surface area contributed by atoms with Gasteiger partial charge in [-0.2, -0.15) is 5.26 Å². The van der Waals surface area contributed by atoms with Crippen LogP contribution in [0.1, 0.15) is 16.7 Å². The van der Waals surface area contributed by atoms with Gasteiger partial charge in [0.1, 0.15) is 19.2 Å². The van der Waals surface area contributed by atoms with E-state index in [4.69, 9.17) is 0 Å². The SMILES string of the molecule is N#Cc1ccccc1NC(=O)C[NH+](Cc1ccccc1)Cc1ccccc1. The topological polar surface area (TPSA) is 57.3 Å². The number of nitriles is 1. The zero-order valence-electron chi connectivity index (χ0n) is 15.1. The molecule has 0 heterocycles. The fourth-order valence-corrected chi connectivity index (χ4v) is 3.07. The standard InChI is InChI=1S/C23H21N3O/c24-15-21-13-7-8-14-22(21)25-23(27)18-26(16-19-9-3-1-4-10-19)17-20-11-5-2-6-12-20/h1-14H,16-18H2,(H,25,27)/p+1. The smallest absolute Gasteiger partial charge is 0.279 e. The average molecular weight is 356 g/mol. The highest BCUT2D eigenvalue weighted by Gasteiger charge is 2.16. The van der Waals surface area contributed by atoms with Crippen LogP contribution < -0.4 is 10.2 Å². The Morgan fingerprint density at radius 2 is 1.33 bits per heavy atom. The summed E-state index contributed by atoms with van der Waals surface area (Å²) < 4.78 is 0. The molecule has 0 aliphatic heterocycles. The zero-order valence-corrected chi connectivity index (χ0v) is 15.1. The lowest BCUT2D eigenvalue weighted by Gasteiger charge is -2.19. The van der Waals surface area contributed by atoms with Gasteiger partial charge in [-0.15, -0.1) is 0 Å². The van der Waals surface area contributed by atoms with Crippen LogP contribution in [0.3, 0.4) is 0 Å². The van der Waals surface area contributed by atoms with E-state index in [1.54, 1.807) is 18.2 Å². The molecule has 0 spiro atoms. The Labute approximate surface area is 159 Å². The average Bonchev–Trinajstić information content (AvgIpc) is 2.70. The molecule has 1 amide bonds. The van der Waals surface area contributed by atoms with Crippen molar-refractivity contribution in [3.63, 3.8) is 0 Å². The summed E-state index contributed by atoms with van der Waals surface area (Å²) in [5.41, 5.74) is 3.41. The monoisotopic (exact) mass is 356 g/mol. The maximum Gasteiger partial charge on any atom is 0.279 e. The number of carbonyl (C=O) groups is 1. The number of benzene rings is 3. The summed E-state index contributed by atoms with van der Waals surface area (Å²) in [7, 11) is 0. The molecule has 0 saturated carbocycles. The predicted molar refractivity (Wildman–Crippen MR) is 106 cm³/mol. The zero-order chi connectivity index (χ0) is 18.9. The molecule has 0 atom stereocenters. The highest BCUT2D eigenvalue weighted by Crippen LogP contribution is 2.12. The van der Waals surface area contributed by atoms with Gasteiger partial charge in [0.05, 0.1) is 11.3 Å². The minimum Gasteiger partial charge on any atom is -0.320 e. The largest absolute Gasteiger partial charge is 0.320 e. The second kappa shape index (κ2) is 9.33. The maximum absolute atomic E-state index is 12.6. The Hall–Kier alpha value is -3.42. The number of amides is 1. The van der Waals surface area contributed by atoms with Crippen LogP contribution >= 0.6 is 0 Å². The van der Waals surface area contributed by atoms with Crippen molar-refractivity contribution in [2.24, 2.45) is 0 Å². The van der Waals surface area contributed by atoms with E-state index in [2.05, 4.69) is 35.7 Å². The Morgan fingerprint density at radius 3 is 1.89 bits per heavy atom. The van der Waals surface area contributed by atoms with E-state index in [9.17, 15) is 10.1 Å². The van der Waals surface area contributed by atoms with Gasteiger partial charge in [-0.3, -0.25) is 4.79 Å². The van der Waals surface area contributed by atoms with Gasteiger partial charge in [-0.05, 0) is 12.1 Å². The van der Waals surface area contributed by atoms with Gasteiger partial charge < -0.3 is 10.2 Å². The normalized spacial score (nSPS) is 10.4. The molecule has 2 N–H and O–H groups in total. The predicted octanol–water partition coefficient (Wildman–Crippen LogP) is 2.78. The number of rotatable bonds is 7. The van der Waals surface area contributed by atoms with Gasteiger partial charge in [-0.25, -0.2) is 0 Å². The van der Waals surface area contributed by atoms with Gasteiger partial charge in [0.25, 0.3) is 5.91 Å². The van der Waals surface area contributed by atoms with Crippen molar-refractivity contribution < 1.29 is 9.69 Å². The lowest BCUT2D eigenvalue weighted by Crippen LogP contribution is -3.10. The molecule has 0 unspecified atom stereocenters. The molecule has 4 heteroatoms. The van der Waals surface area contributed by atoms with Crippen molar-refractivity contribution in [2.75, 3.05) is 11.9 Å². The van der Waals surface area contributed by atoms with Crippen LogP contribution in [0.25, 0.3) is 0 Å². The summed E-state index contributed by atoms with van der Waals surface area (Å²) in [6.45, 7) is 1.83. The van der Waals surface area contributed by atoms with E-state index in [-0.39, 0.29) is 5.91 Å². The van der Waals surface area contributed by atoms with Crippen molar-refractivity contribution in [1.29, 1.82) is 5.26 Å². The molecule has 0 fully saturated rings. The molecular weight excluding hydrogens is 334 g/mol. The summed E-state index contributed by atoms with van der Waals surface area (Å²) >= 11 is 0. The molecule has 0 saturated heterocycles. The molecule has 0 aliphatic rings. The van der Waals surface area contributed by atoms with Gasteiger partial charge >= 0.3 is 0 Å². The number of nitrogens with one attached hydrogen (secondary N) is 2. The fraction of sp³-hybridized carbons (Fsp3) is 0.130. The fourth-order valence-electron chi connectivity index (χ4n) is 3.07. The number of hydrogen-bond acceptors (Lipinski definition) is 2. The summed E-state index contributed by atoms with van der Waals surface area (Å²) in [6, 6.07) is 29.5. The molecule has 4 nitrogen and oxygen atoms in total. The first-order valence-corrected chi connectivity index (χ1v) is 8.95. The van der Waals surface area contributed by atoms with Crippen LogP contribution in [0.15, 0.2) is 84.9 Å². The number of nitrogens with zero attached hydrogens (tertiary/aromatic N) is 1. The van der Waals surface area contributed by atoms with Gasteiger partial charge in [0.2, 0.25) is 0 Å². The second-order valence-electron chi connectivity index (χ2n) is 6.46. The molecule has 3 aromatic carbocycles. The summed E-state index contributed by atoms with van der Waals surface area (Å²) in [4.78, 5) is 13.8. The number of hydrogen-bond donors (Lipinski definition) is 2. The quantitative estimate of drug-likeness (QED) is 0.684. The number of carbonyl (C=O) groups excluding carboxylic acids is 1. The van der Waals surface area contributed by atoms with Crippen molar-refractivity contribution in [3.05, 3.63) is 102 Å². The highest BCUT2D eigenvalue weighted by molar-refractivity contribution is 5.92. The van der Waals surface area contributed by atoms with Crippen LogP contribution in [0.2, 0.25) is 0 Å². The van der Waals surface area contributed by atoms with Crippen LogP contribution in [-0.4, -0.2) is 12.5 Å². The van der Waals surface area contributed by atoms with Crippen LogP contribution in [0, 0.1) is 11.3 Å². The molecular formula is C23H22N3O+.